The highest BCUT2D eigenvalue weighted by Gasteiger charge is 2.17. The van der Waals surface area contributed by atoms with Crippen LogP contribution >= 0.6 is 11.6 Å². The first kappa shape index (κ1) is 25.8. The highest BCUT2D eigenvalue weighted by atomic mass is 35.5. The number of pyridine rings is 2. The second-order valence-electron chi connectivity index (χ2n) is 9.15. The van der Waals surface area contributed by atoms with Crippen molar-refractivity contribution in [3.05, 3.63) is 77.7 Å². The summed E-state index contributed by atoms with van der Waals surface area (Å²) >= 11 is 6.10. The first-order chi connectivity index (χ1) is 17.6. The van der Waals surface area contributed by atoms with Gasteiger partial charge in [-0.05, 0) is 57.2 Å². The molecule has 0 bridgehead atoms. The fraction of sp³-hybridized carbons (Fsp3) is 0.185. The average Bonchev–Trinajstić information content (AvgIpc) is 2.83. The molecule has 0 aliphatic heterocycles. The predicted octanol–water partition coefficient (Wildman–Crippen LogP) is 6.30. The Bertz CT molecular complexity index is 1470. The number of amides is 2. The maximum Gasteiger partial charge on any atom is 0.408 e. The molecule has 0 saturated heterocycles. The van der Waals surface area contributed by atoms with Gasteiger partial charge in [-0.25, -0.2) is 19.2 Å². The molecule has 8 nitrogen and oxygen atoms in total. The number of alkyl carbamates (subject to hydrolysis) is 1. The van der Waals surface area contributed by atoms with Crippen LogP contribution < -0.4 is 16.0 Å². The number of halogens is 2. The normalized spacial score (nSPS) is 11.2. The molecule has 2 amide bonds. The molecule has 0 atom stereocenters. The van der Waals surface area contributed by atoms with Gasteiger partial charge in [-0.3, -0.25) is 4.79 Å². The van der Waals surface area contributed by atoms with E-state index >= 15 is 0 Å². The maximum atomic E-state index is 14.6. The van der Waals surface area contributed by atoms with E-state index in [-0.39, 0.29) is 17.9 Å². The molecular formula is C27H25ClFN5O3. The molecule has 2 aromatic carbocycles. The molecule has 4 aromatic rings. The van der Waals surface area contributed by atoms with Gasteiger partial charge in [0.1, 0.15) is 23.8 Å². The standard InChI is InChI=1S/C27H25ClFN5O3/c1-27(2,3)37-26(36)31-15-25(35)34-24-13-17(10-11-30-24)32-22-14-23(19-12-16(28)8-9-20(19)29)33-21-7-5-4-6-18(21)22/h4-14H,15H2,1-3H3,(H,31,36)(H2,30,32,33,34,35). The van der Waals surface area contributed by atoms with E-state index in [9.17, 15) is 14.0 Å². The Kier molecular flexibility index (Phi) is 7.54. The van der Waals surface area contributed by atoms with Crippen LogP contribution in [0.2, 0.25) is 5.02 Å². The van der Waals surface area contributed by atoms with Crippen molar-refractivity contribution in [1.29, 1.82) is 0 Å². The van der Waals surface area contributed by atoms with Gasteiger partial charge >= 0.3 is 6.09 Å². The topological polar surface area (TPSA) is 105 Å². The third-order valence-corrected chi connectivity index (χ3v) is 5.25. The number of carbonyl (C=O) groups is 2. The van der Waals surface area contributed by atoms with Gasteiger partial charge < -0.3 is 20.7 Å². The zero-order chi connectivity index (χ0) is 26.6. The van der Waals surface area contributed by atoms with E-state index in [1.165, 1.54) is 24.4 Å². The molecule has 2 aromatic heterocycles. The number of nitrogens with zero attached hydrogens (tertiary/aromatic N) is 2. The van der Waals surface area contributed by atoms with Crippen LogP contribution in [0.15, 0.2) is 66.9 Å². The van der Waals surface area contributed by atoms with E-state index in [0.29, 0.717) is 27.6 Å². The van der Waals surface area contributed by atoms with Gasteiger partial charge in [0.25, 0.3) is 0 Å². The highest BCUT2D eigenvalue weighted by molar-refractivity contribution is 6.30. The summed E-state index contributed by atoms with van der Waals surface area (Å²) in [4.78, 5) is 32.8. The molecule has 0 fully saturated rings. The maximum absolute atomic E-state index is 14.6. The van der Waals surface area contributed by atoms with Gasteiger partial charge in [-0.1, -0.05) is 29.8 Å². The summed E-state index contributed by atoms with van der Waals surface area (Å²) in [5, 5.41) is 9.56. The first-order valence-electron chi connectivity index (χ1n) is 11.4. The molecule has 10 heteroatoms. The van der Waals surface area contributed by atoms with Crippen LogP contribution in [0, 0.1) is 5.82 Å². The minimum Gasteiger partial charge on any atom is -0.444 e. The number of hydrogen-bond donors (Lipinski definition) is 3. The number of anilines is 3. The molecule has 190 valence electrons. The lowest BCUT2D eigenvalue weighted by Gasteiger charge is -2.19. The van der Waals surface area contributed by atoms with E-state index in [1.54, 1.807) is 39.0 Å². The van der Waals surface area contributed by atoms with Gasteiger partial charge in [0.2, 0.25) is 5.91 Å². The smallest absolute Gasteiger partial charge is 0.408 e. The SMILES string of the molecule is CC(C)(C)OC(=O)NCC(=O)Nc1cc(Nc2cc(-c3cc(Cl)ccc3F)nc3ccccc23)ccn1. The van der Waals surface area contributed by atoms with Gasteiger partial charge in [0, 0.05) is 33.9 Å². The van der Waals surface area contributed by atoms with Crippen LogP contribution in [0.1, 0.15) is 20.8 Å². The second-order valence-corrected chi connectivity index (χ2v) is 9.59. The summed E-state index contributed by atoms with van der Waals surface area (Å²) in [6.45, 7) is 4.92. The van der Waals surface area contributed by atoms with Crippen molar-refractivity contribution >= 4 is 51.7 Å². The van der Waals surface area contributed by atoms with Crippen molar-refractivity contribution in [3.63, 3.8) is 0 Å². The molecule has 37 heavy (non-hydrogen) atoms. The zero-order valence-electron chi connectivity index (χ0n) is 20.4. The van der Waals surface area contributed by atoms with Crippen molar-refractivity contribution in [3.8, 4) is 11.3 Å². The van der Waals surface area contributed by atoms with Crippen molar-refractivity contribution in [1.82, 2.24) is 15.3 Å². The molecular weight excluding hydrogens is 497 g/mol. The average molecular weight is 522 g/mol. The molecule has 0 unspecified atom stereocenters. The largest absolute Gasteiger partial charge is 0.444 e. The Labute approximate surface area is 218 Å². The number of rotatable bonds is 6. The minimum absolute atomic E-state index is 0.278. The Balaban J connectivity index is 1.54. The van der Waals surface area contributed by atoms with E-state index in [4.69, 9.17) is 16.3 Å². The molecule has 0 radical (unpaired) electrons. The van der Waals surface area contributed by atoms with Crippen molar-refractivity contribution in [2.24, 2.45) is 0 Å². The minimum atomic E-state index is -0.692. The van der Waals surface area contributed by atoms with Gasteiger partial charge in [0.05, 0.1) is 16.9 Å². The van der Waals surface area contributed by atoms with Crippen LogP contribution in [-0.2, 0) is 9.53 Å². The second kappa shape index (κ2) is 10.8. The van der Waals surface area contributed by atoms with Crippen molar-refractivity contribution in [2.45, 2.75) is 26.4 Å². The van der Waals surface area contributed by atoms with Crippen LogP contribution in [0.25, 0.3) is 22.2 Å². The van der Waals surface area contributed by atoms with Crippen LogP contribution in [-0.4, -0.2) is 34.1 Å². The fourth-order valence-electron chi connectivity index (χ4n) is 3.50. The number of para-hydroxylation sites is 1. The molecule has 0 saturated carbocycles. The van der Waals surface area contributed by atoms with Crippen LogP contribution in [0.5, 0.6) is 0 Å². The number of carbonyl (C=O) groups excluding carboxylic acids is 2. The number of benzene rings is 2. The molecule has 4 rings (SSSR count). The monoisotopic (exact) mass is 521 g/mol. The van der Waals surface area contributed by atoms with Crippen LogP contribution in [0.4, 0.5) is 26.4 Å². The number of fused-ring (bicyclic) bond motifs is 1. The molecule has 0 aliphatic carbocycles. The summed E-state index contributed by atoms with van der Waals surface area (Å²) < 4.78 is 19.7. The fourth-order valence-corrected chi connectivity index (χ4v) is 3.67. The molecule has 2 heterocycles. The summed E-state index contributed by atoms with van der Waals surface area (Å²) in [6, 6.07) is 16.9. The van der Waals surface area contributed by atoms with E-state index in [0.717, 1.165) is 5.39 Å². The van der Waals surface area contributed by atoms with Crippen molar-refractivity contribution < 1.29 is 18.7 Å². The Hall–Kier alpha value is -4.24. The summed E-state index contributed by atoms with van der Waals surface area (Å²) in [6.07, 6.45) is 0.836. The lowest BCUT2D eigenvalue weighted by Crippen LogP contribution is -2.37. The lowest BCUT2D eigenvalue weighted by molar-refractivity contribution is -0.115. The third-order valence-electron chi connectivity index (χ3n) is 5.02. The third kappa shape index (κ3) is 6.92. The van der Waals surface area contributed by atoms with Gasteiger partial charge in [-0.15, -0.1) is 0 Å². The van der Waals surface area contributed by atoms with Crippen LogP contribution in [0.3, 0.4) is 0 Å². The first-order valence-corrected chi connectivity index (χ1v) is 11.8. The Morgan fingerprint density at radius 3 is 2.62 bits per heavy atom. The summed E-state index contributed by atoms with van der Waals surface area (Å²) in [5.74, 6) is -0.629. The predicted molar refractivity (Wildman–Crippen MR) is 143 cm³/mol. The Morgan fingerprint density at radius 1 is 1.05 bits per heavy atom. The summed E-state index contributed by atoms with van der Waals surface area (Å²) in [5.41, 5.74) is 1.99. The van der Waals surface area contributed by atoms with E-state index < -0.39 is 23.4 Å². The van der Waals surface area contributed by atoms with E-state index in [1.807, 2.05) is 24.3 Å². The van der Waals surface area contributed by atoms with Gasteiger partial charge in [-0.2, -0.15) is 0 Å². The number of nitrogens with one attached hydrogen (secondary N) is 3. The molecule has 3 N–H and O–H groups in total. The molecule has 0 spiro atoms. The number of aromatic nitrogens is 2. The van der Waals surface area contributed by atoms with E-state index in [2.05, 4.69) is 25.9 Å². The summed E-state index contributed by atoms with van der Waals surface area (Å²) in [7, 11) is 0. The van der Waals surface area contributed by atoms with Gasteiger partial charge in [0.15, 0.2) is 0 Å². The Morgan fingerprint density at radius 2 is 1.84 bits per heavy atom. The highest BCUT2D eigenvalue weighted by Crippen LogP contribution is 2.32. The lowest BCUT2D eigenvalue weighted by atomic mass is 10.1. The quantitative estimate of drug-likeness (QED) is 0.275. The number of ether oxygens (including phenoxy) is 1. The van der Waals surface area contributed by atoms with Crippen molar-refractivity contribution in [2.75, 3.05) is 17.2 Å². The number of hydrogen-bond acceptors (Lipinski definition) is 6. The molecule has 0 aliphatic rings. The zero-order valence-corrected chi connectivity index (χ0v) is 21.2.